The second kappa shape index (κ2) is 9.10. The third-order valence-corrected chi connectivity index (χ3v) is 6.79. The van der Waals surface area contributed by atoms with Crippen LogP contribution in [0, 0.1) is 5.82 Å². The van der Waals surface area contributed by atoms with Crippen LogP contribution in [0.25, 0.3) is 0 Å². The van der Waals surface area contributed by atoms with Crippen LogP contribution in [0.5, 0.6) is 0 Å². The Morgan fingerprint density at radius 3 is 2.16 bits per heavy atom. The maximum atomic E-state index is 13.8. The van der Waals surface area contributed by atoms with Crippen molar-refractivity contribution < 1.29 is 32.0 Å². The molecule has 168 valence electrons. The van der Waals surface area contributed by atoms with Crippen LogP contribution in [0.15, 0.2) is 29.2 Å². The lowest BCUT2D eigenvalue weighted by Gasteiger charge is -2.36. The van der Waals surface area contributed by atoms with E-state index in [9.17, 15) is 32.0 Å². The summed E-state index contributed by atoms with van der Waals surface area (Å²) in [6.07, 6.45) is 0.212. The standard InChI is InChI=1S/C19H23FN4O6S/c1-13(21-31(29,30)15-5-3-2-4-14(15)20)19(28)23-10-8-22(9-11-23)18(27)12-24-16(25)6-7-17(24)26/h2-5,13,21H,6-12H2,1H3/t13-/m0/s1. The molecular formula is C19H23FN4O6S. The number of hydrogen-bond acceptors (Lipinski definition) is 6. The average Bonchev–Trinajstić information content (AvgIpc) is 3.05. The number of nitrogens with zero attached hydrogens (tertiary/aromatic N) is 3. The van der Waals surface area contributed by atoms with Gasteiger partial charge in [0.2, 0.25) is 33.7 Å². The molecule has 1 atom stereocenters. The molecule has 1 aromatic rings. The normalized spacial score (nSPS) is 18.5. The molecule has 0 aliphatic carbocycles. The molecule has 12 heteroatoms. The highest BCUT2D eigenvalue weighted by Gasteiger charge is 2.34. The van der Waals surface area contributed by atoms with Crippen LogP contribution in [0.1, 0.15) is 19.8 Å². The maximum absolute atomic E-state index is 13.8. The molecule has 2 saturated heterocycles. The van der Waals surface area contributed by atoms with Gasteiger partial charge in [-0.15, -0.1) is 0 Å². The first-order valence-corrected chi connectivity index (χ1v) is 11.2. The molecule has 0 bridgehead atoms. The molecule has 2 fully saturated rings. The van der Waals surface area contributed by atoms with Crippen molar-refractivity contribution in [3.05, 3.63) is 30.1 Å². The molecule has 2 aliphatic heterocycles. The van der Waals surface area contributed by atoms with Crippen molar-refractivity contribution in [1.82, 2.24) is 19.4 Å². The van der Waals surface area contributed by atoms with Gasteiger partial charge in [0.25, 0.3) is 0 Å². The van der Waals surface area contributed by atoms with Gasteiger partial charge in [-0.3, -0.25) is 24.1 Å². The molecule has 10 nitrogen and oxygen atoms in total. The first kappa shape index (κ1) is 22.8. The summed E-state index contributed by atoms with van der Waals surface area (Å²) in [5.74, 6) is -2.55. The van der Waals surface area contributed by atoms with E-state index in [4.69, 9.17) is 0 Å². The van der Waals surface area contributed by atoms with E-state index in [0.29, 0.717) is 0 Å². The molecule has 31 heavy (non-hydrogen) atoms. The number of nitrogens with one attached hydrogen (secondary N) is 1. The molecule has 2 heterocycles. The molecule has 0 spiro atoms. The fourth-order valence-electron chi connectivity index (χ4n) is 3.49. The number of sulfonamides is 1. The second-order valence-corrected chi connectivity index (χ2v) is 9.04. The number of rotatable bonds is 6. The Bertz CT molecular complexity index is 990. The number of benzene rings is 1. The summed E-state index contributed by atoms with van der Waals surface area (Å²) in [5, 5.41) is 0. The lowest BCUT2D eigenvalue weighted by atomic mass is 10.2. The zero-order chi connectivity index (χ0) is 22.8. The summed E-state index contributed by atoms with van der Waals surface area (Å²) in [7, 11) is -4.23. The number of hydrogen-bond donors (Lipinski definition) is 1. The number of likely N-dealkylation sites (tertiary alicyclic amines) is 1. The van der Waals surface area contributed by atoms with Crippen molar-refractivity contribution in [2.75, 3.05) is 32.7 Å². The zero-order valence-corrected chi connectivity index (χ0v) is 17.7. The predicted octanol–water partition coefficient (Wildman–Crippen LogP) is -0.688. The van der Waals surface area contributed by atoms with Crippen LogP contribution < -0.4 is 4.72 Å². The Morgan fingerprint density at radius 1 is 1.03 bits per heavy atom. The van der Waals surface area contributed by atoms with Crippen molar-refractivity contribution in [2.24, 2.45) is 0 Å². The largest absolute Gasteiger partial charge is 0.338 e. The minimum Gasteiger partial charge on any atom is -0.338 e. The topological polar surface area (TPSA) is 124 Å². The molecule has 0 aromatic heterocycles. The molecular weight excluding hydrogens is 431 g/mol. The SMILES string of the molecule is C[C@H](NS(=O)(=O)c1ccccc1F)C(=O)N1CCN(C(=O)CN2C(=O)CCC2=O)CC1. The minimum absolute atomic E-state index is 0.106. The van der Waals surface area contributed by atoms with Gasteiger partial charge in [0, 0.05) is 39.0 Å². The van der Waals surface area contributed by atoms with E-state index >= 15 is 0 Å². The highest BCUT2D eigenvalue weighted by Crippen LogP contribution is 2.15. The lowest BCUT2D eigenvalue weighted by molar-refractivity contribution is -0.147. The first-order chi connectivity index (χ1) is 14.6. The van der Waals surface area contributed by atoms with E-state index in [1.807, 2.05) is 0 Å². The Kier molecular flexibility index (Phi) is 6.70. The average molecular weight is 454 g/mol. The fraction of sp³-hybridized carbons (Fsp3) is 0.474. The van der Waals surface area contributed by atoms with Gasteiger partial charge < -0.3 is 9.80 Å². The van der Waals surface area contributed by atoms with Gasteiger partial charge in [-0.05, 0) is 19.1 Å². The van der Waals surface area contributed by atoms with Crippen LogP contribution >= 0.6 is 0 Å². The number of halogens is 1. The molecule has 4 amide bonds. The highest BCUT2D eigenvalue weighted by molar-refractivity contribution is 7.89. The zero-order valence-electron chi connectivity index (χ0n) is 16.9. The van der Waals surface area contributed by atoms with E-state index in [0.717, 1.165) is 17.0 Å². The molecule has 0 radical (unpaired) electrons. The number of imide groups is 1. The second-order valence-electron chi connectivity index (χ2n) is 7.35. The molecule has 2 aliphatic rings. The summed E-state index contributed by atoms with van der Waals surface area (Å²) in [5.41, 5.74) is 0. The highest BCUT2D eigenvalue weighted by atomic mass is 32.2. The minimum atomic E-state index is -4.23. The summed E-state index contributed by atoms with van der Waals surface area (Å²) >= 11 is 0. The van der Waals surface area contributed by atoms with Crippen LogP contribution in [-0.2, 0) is 29.2 Å². The van der Waals surface area contributed by atoms with Crippen LogP contribution in [-0.4, -0.2) is 85.5 Å². The summed E-state index contributed by atoms with van der Waals surface area (Å²) in [4.78, 5) is 51.6. The van der Waals surface area contributed by atoms with Gasteiger partial charge in [0.1, 0.15) is 17.3 Å². The van der Waals surface area contributed by atoms with Crippen molar-refractivity contribution in [3.8, 4) is 0 Å². The Hall–Kier alpha value is -2.86. The van der Waals surface area contributed by atoms with Crippen molar-refractivity contribution >= 4 is 33.7 Å². The number of piperazine rings is 1. The Morgan fingerprint density at radius 2 is 1.58 bits per heavy atom. The third kappa shape index (κ3) is 5.07. The summed E-state index contributed by atoms with van der Waals surface area (Å²) in [6.45, 7) is 1.75. The van der Waals surface area contributed by atoms with E-state index in [2.05, 4.69) is 4.72 Å². The van der Waals surface area contributed by atoms with Crippen molar-refractivity contribution in [1.29, 1.82) is 0 Å². The maximum Gasteiger partial charge on any atom is 0.244 e. The van der Waals surface area contributed by atoms with Gasteiger partial charge in [-0.1, -0.05) is 12.1 Å². The number of carbonyl (C=O) groups is 4. The van der Waals surface area contributed by atoms with E-state index in [-0.39, 0.29) is 63.3 Å². The van der Waals surface area contributed by atoms with Gasteiger partial charge in [-0.25, -0.2) is 12.8 Å². The molecule has 3 rings (SSSR count). The number of amides is 4. The summed E-state index contributed by atoms with van der Waals surface area (Å²) < 4.78 is 40.7. The molecule has 1 N–H and O–H groups in total. The van der Waals surface area contributed by atoms with Crippen LogP contribution in [0.4, 0.5) is 4.39 Å². The van der Waals surface area contributed by atoms with Gasteiger partial charge >= 0.3 is 0 Å². The quantitative estimate of drug-likeness (QED) is 0.568. The van der Waals surface area contributed by atoms with Crippen LogP contribution in [0.2, 0.25) is 0 Å². The molecule has 0 saturated carbocycles. The Labute approximate surface area is 179 Å². The van der Waals surface area contributed by atoms with E-state index in [1.54, 1.807) is 0 Å². The fourth-order valence-corrected chi connectivity index (χ4v) is 4.77. The van der Waals surface area contributed by atoms with E-state index < -0.39 is 32.7 Å². The predicted molar refractivity (Wildman–Crippen MR) is 105 cm³/mol. The number of carbonyl (C=O) groups excluding carboxylic acids is 4. The van der Waals surface area contributed by atoms with E-state index in [1.165, 1.54) is 28.9 Å². The van der Waals surface area contributed by atoms with Gasteiger partial charge in [0.05, 0.1) is 6.04 Å². The first-order valence-electron chi connectivity index (χ1n) is 9.77. The summed E-state index contributed by atoms with van der Waals surface area (Å²) in [6, 6.07) is 3.73. The monoisotopic (exact) mass is 454 g/mol. The Balaban J connectivity index is 1.53. The molecule has 0 unspecified atom stereocenters. The van der Waals surface area contributed by atoms with Gasteiger partial charge in [-0.2, -0.15) is 4.72 Å². The van der Waals surface area contributed by atoms with Crippen molar-refractivity contribution in [2.45, 2.75) is 30.7 Å². The lowest BCUT2D eigenvalue weighted by Crippen LogP contribution is -2.56. The smallest absolute Gasteiger partial charge is 0.244 e. The molecule has 1 aromatic carbocycles. The van der Waals surface area contributed by atoms with Crippen molar-refractivity contribution in [3.63, 3.8) is 0 Å². The van der Waals surface area contributed by atoms with Gasteiger partial charge in [0.15, 0.2) is 0 Å². The van der Waals surface area contributed by atoms with Crippen LogP contribution in [0.3, 0.4) is 0 Å². The third-order valence-electron chi connectivity index (χ3n) is 5.22.